The van der Waals surface area contributed by atoms with Crippen LogP contribution in [-0.2, 0) is 4.79 Å². The summed E-state index contributed by atoms with van der Waals surface area (Å²) in [6.45, 7) is 0. The van der Waals surface area contributed by atoms with E-state index in [4.69, 9.17) is 0 Å². The summed E-state index contributed by atoms with van der Waals surface area (Å²) < 4.78 is 26.3. The largest absolute Gasteiger partial charge is 0.307 e. The van der Waals surface area contributed by atoms with E-state index in [1.54, 1.807) is 0 Å². The molecule has 0 saturated carbocycles. The first-order chi connectivity index (χ1) is 7.56. The predicted molar refractivity (Wildman–Crippen MR) is 52.7 cm³/mol. The van der Waals surface area contributed by atoms with Gasteiger partial charge in [-0.05, 0) is 6.07 Å². The summed E-state index contributed by atoms with van der Waals surface area (Å²) in [6.07, 6.45) is 3.18. The smallest absolute Gasteiger partial charge is 0.303 e. The molecule has 1 rings (SSSR count). The van der Waals surface area contributed by atoms with E-state index in [9.17, 15) is 23.7 Å². The lowest BCUT2D eigenvalue weighted by Crippen LogP contribution is -1.95. The van der Waals surface area contributed by atoms with Crippen LogP contribution < -0.4 is 0 Å². The summed E-state index contributed by atoms with van der Waals surface area (Å²) in [5.74, 6) is -2.02. The van der Waals surface area contributed by atoms with E-state index < -0.39 is 22.2 Å². The third-order valence-electron chi connectivity index (χ3n) is 1.79. The van der Waals surface area contributed by atoms with Crippen LogP contribution in [0.1, 0.15) is 12.0 Å². The first-order valence-electron chi connectivity index (χ1n) is 4.30. The molecule has 0 heterocycles. The van der Waals surface area contributed by atoms with Gasteiger partial charge in [-0.1, -0.05) is 12.2 Å². The van der Waals surface area contributed by atoms with Gasteiger partial charge in [0, 0.05) is 12.0 Å². The number of hydrogen-bond acceptors (Lipinski definition) is 3. The van der Waals surface area contributed by atoms with Gasteiger partial charge in [-0.15, -0.1) is 0 Å². The SMILES string of the molecule is O=CCC=Cc1cc(F)c([N+](=O)[O-])cc1F. The Morgan fingerprint density at radius 2 is 2.00 bits per heavy atom. The highest BCUT2D eigenvalue weighted by molar-refractivity contribution is 5.59. The van der Waals surface area contributed by atoms with E-state index in [-0.39, 0.29) is 12.0 Å². The van der Waals surface area contributed by atoms with Crippen molar-refractivity contribution in [2.75, 3.05) is 0 Å². The molecule has 0 amide bonds. The van der Waals surface area contributed by atoms with Gasteiger partial charge in [0.15, 0.2) is 0 Å². The highest BCUT2D eigenvalue weighted by atomic mass is 19.1. The molecule has 0 aliphatic heterocycles. The van der Waals surface area contributed by atoms with Crippen molar-refractivity contribution >= 4 is 18.0 Å². The van der Waals surface area contributed by atoms with Crippen molar-refractivity contribution in [1.82, 2.24) is 0 Å². The van der Waals surface area contributed by atoms with E-state index in [1.165, 1.54) is 12.2 Å². The summed E-state index contributed by atoms with van der Waals surface area (Å²) in [4.78, 5) is 19.3. The Morgan fingerprint density at radius 1 is 1.31 bits per heavy atom. The Balaban J connectivity index is 3.10. The first kappa shape index (κ1) is 12.0. The highest BCUT2D eigenvalue weighted by Gasteiger charge is 2.17. The quantitative estimate of drug-likeness (QED) is 0.451. The number of rotatable bonds is 4. The molecule has 16 heavy (non-hydrogen) atoms. The normalized spacial score (nSPS) is 10.6. The van der Waals surface area contributed by atoms with Crippen molar-refractivity contribution in [2.45, 2.75) is 6.42 Å². The van der Waals surface area contributed by atoms with Crippen molar-refractivity contribution in [1.29, 1.82) is 0 Å². The van der Waals surface area contributed by atoms with E-state index in [0.717, 1.165) is 6.07 Å². The Labute approximate surface area is 89.3 Å². The molecule has 0 aromatic heterocycles. The van der Waals surface area contributed by atoms with Crippen molar-refractivity contribution < 1.29 is 18.5 Å². The molecule has 0 unspecified atom stereocenters. The van der Waals surface area contributed by atoms with Crippen LogP contribution in [0.5, 0.6) is 0 Å². The number of nitro benzene ring substituents is 1. The molecule has 0 atom stereocenters. The molecular formula is C10H7F2NO3. The van der Waals surface area contributed by atoms with Crippen molar-refractivity contribution in [2.24, 2.45) is 0 Å². The van der Waals surface area contributed by atoms with Gasteiger partial charge in [0.05, 0.1) is 11.0 Å². The van der Waals surface area contributed by atoms with Crippen molar-refractivity contribution in [3.63, 3.8) is 0 Å². The van der Waals surface area contributed by atoms with E-state index in [2.05, 4.69) is 0 Å². The minimum atomic E-state index is -1.11. The molecule has 0 bridgehead atoms. The second-order valence-corrected chi connectivity index (χ2v) is 2.89. The topological polar surface area (TPSA) is 60.2 Å². The Hall–Kier alpha value is -2.11. The average Bonchev–Trinajstić information content (AvgIpc) is 2.22. The maximum atomic E-state index is 13.2. The Bertz CT molecular complexity index is 458. The number of halogens is 2. The van der Waals surface area contributed by atoms with E-state index in [1.807, 2.05) is 0 Å². The highest BCUT2D eigenvalue weighted by Crippen LogP contribution is 2.22. The molecule has 84 valence electrons. The lowest BCUT2D eigenvalue weighted by molar-refractivity contribution is -0.387. The van der Waals surface area contributed by atoms with Crippen molar-refractivity contribution in [3.8, 4) is 0 Å². The van der Waals surface area contributed by atoms with Gasteiger partial charge in [-0.2, -0.15) is 4.39 Å². The van der Waals surface area contributed by atoms with Gasteiger partial charge < -0.3 is 4.79 Å². The zero-order valence-electron chi connectivity index (χ0n) is 8.02. The van der Waals surface area contributed by atoms with Gasteiger partial charge in [0.25, 0.3) is 0 Å². The summed E-state index contributed by atoms with van der Waals surface area (Å²) >= 11 is 0. The fraction of sp³-hybridized carbons (Fsp3) is 0.100. The van der Waals surface area contributed by atoms with Crippen LogP contribution in [0.25, 0.3) is 6.08 Å². The maximum absolute atomic E-state index is 13.2. The Morgan fingerprint density at radius 3 is 2.56 bits per heavy atom. The predicted octanol–water partition coefficient (Wildman–Crippen LogP) is 2.48. The van der Waals surface area contributed by atoms with Gasteiger partial charge in [-0.25, -0.2) is 4.39 Å². The molecule has 4 nitrogen and oxygen atoms in total. The molecule has 0 saturated heterocycles. The molecule has 0 N–H and O–H groups in total. The zero-order chi connectivity index (χ0) is 12.1. The lowest BCUT2D eigenvalue weighted by Gasteiger charge is -1.98. The first-order valence-corrected chi connectivity index (χ1v) is 4.30. The van der Waals surface area contributed by atoms with Gasteiger partial charge >= 0.3 is 5.69 Å². The summed E-state index contributed by atoms with van der Waals surface area (Å²) in [5.41, 5.74) is -1.05. The summed E-state index contributed by atoms with van der Waals surface area (Å²) in [6, 6.07) is 1.23. The van der Waals surface area contributed by atoms with Crippen LogP contribution >= 0.6 is 0 Å². The third-order valence-corrected chi connectivity index (χ3v) is 1.79. The number of carbonyl (C=O) groups is 1. The monoisotopic (exact) mass is 227 g/mol. The van der Waals surface area contributed by atoms with Crippen LogP contribution in [-0.4, -0.2) is 11.2 Å². The summed E-state index contributed by atoms with van der Waals surface area (Å²) in [5, 5.41) is 10.3. The van der Waals surface area contributed by atoms with Crippen LogP contribution in [0.4, 0.5) is 14.5 Å². The van der Waals surface area contributed by atoms with Crippen LogP contribution in [0.3, 0.4) is 0 Å². The fourth-order valence-electron chi connectivity index (χ4n) is 1.07. The summed E-state index contributed by atoms with van der Waals surface area (Å²) in [7, 11) is 0. The molecular weight excluding hydrogens is 220 g/mol. The molecule has 6 heteroatoms. The number of nitro groups is 1. The molecule has 0 radical (unpaired) electrons. The maximum Gasteiger partial charge on any atom is 0.307 e. The Kier molecular flexibility index (Phi) is 3.82. The zero-order valence-corrected chi connectivity index (χ0v) is 8.02. The van der Waals surface area contributed by atoms with Gasteiger partial charge in [-0.3, -0.25) is 10.1 Å². The minimum absolute atomic E-state index is 0.0675. The number of carbonyl (C=O) groups excluding carboxylic acids is 1. The molecule has 0 fully saturated rings. The number of nitrogens with zero attached hydrogens (tertiary/aromatic N) is 1. The molecule has 1 aromatic carbocycles. The number of aldehydes is 1. The van der Waals surface area contributed by atoms with Crippen LogP contribution in [0.15, 0.2) is 18.2 Å². The number of allylic oxidation sites excluding steroid dienone is 1. The van der Waals surface area contributed by atoms with Crippen molar-refractivity contribution in [3.05, 3.63) is 45.5 Å². The van der Waals surface area contributed by atoms with E-state index >= 15 is 0 Å². The third kappa shape index (κ3) is 2.69. The molecule has 0 aliphatic carbocycles. The van der Waals surface area contributed by atoms with Gasteiger partial charge in [0.2, 0.25) is 5.82 Å². The second kappa shape index (κ2) is 5.11. The molecule has 0 spiro atoms. The molecule has 0 aliphatic rings. The average molecular weight is 227 g/mol. The lowest BCUT2D eigenvalue weighted by atomic mass is 10.1. The second-order valence-electron chi connectivity index (χ2n) is 2.89. The van der Waals surface area contributed by atoms with Gasteiger partial charge in [0.1, 0.15) is 12.1 Å². The molecule has 1 aromatic rings. The number of hydrogen-bond donors (Lipinski definition) is 0. The van der Waals surface area contributed by atoms with E-state index in [0.29, 0.717) is 12.4 Å². The van der Waals surface area contributed by atoms with Crippen LogP contribution in [0.2, 0.25) is 0 Å². The van der Waals surface area contributed by atoms with Crippen LogP contribution in [0, 0.1) is 21.7 Å². The fourth-order valence-corrected chi connectivity index (χ4v) is 1.07. The number of benzene rings is 1. The minimum Gasteiger partial charge on any atom is -0.303 e. The standard InChI is InChI=1S/C10H7F2NO3/c11-8-6-10(13(15)16)9(12)5-7(8)3-1-2-4-14/h1,3-6H,2H2.